The molecule has 1 atom stereocenters. The van der Waals surface area contributed by atoms with Crippen molar-refractivity contribution in [2.45, 2.75) is 71.6 Å². The van der Waals surface area contributed by atoms with E-state index in [0.29, 0.717) is 11.4 Å². The molecule has 7 heteroatoms. The lowest BCUT2D eigenvalue weighted by Gasteiger charge is -2.28. The molecule has 2 aromatic rings. The maximum absolute atomic E-state index is 13.8. The number of hydrogen-bond donors (Lipinski definition) is 1. The van der Waals surface area contributed by atoms with Gasteiger partial charge in [0.1, 0.15) is 6.61 Å². The largest absolute Gasteiger partial charge is 0.445 e. The molecule has 2 aliphatic rings. The summed E-state index contributed by atoms with van der Waals surface area (Å²) in [4.78, 5) is 45.8. The number of ketones is 1. The lowest BCUT2D eigenvalue weighted by atomic mass is 9.88. The first-order valence-corrected chi connectivity index (χ1v) is 12.9. The van der Waals surface area contributed by atoms with Crippen LogP contribution in [0.3, 0.4) is 0 Å². The number of rotatable bonds is 6. The Kier molecular flexibility index (Phi) is 8.52. The minimum Gasteiger partial charge on any atom is -0.445 e. The lowest BCUT2D eigenvalue weighted by molar-refractivity contribution is -0.126. The Hall–Kier alpha value is -3.48. The smallest absolute Gasteiger partial charge is 0.409 e. The van der Waals surface area contributed by atoms with E-state index in [9.17, 15) is 14.4 Å². The molecule has 1 saturated carbocycles. The van der Waals surface area contributed by atoms with E-state index in [4.69, 9.17) is 4.74 Å². The summed E-state index contributed by atoms with van der Waals surface area (Å²) in [5, 5.41) is 2.61. The molecule has 0 radical (unpaired) electrons. The highest BCUT2D eigenvalue weighted by atomic mass is 16.5. The van der Waals surface area contributed by atoms with Gasteiger partial charge < -0.3 is 9.64 Å². The van der Waals surface area contributed by atoms with Crippen LogP contribution in [0.25, 0.3) is 0 Å². The van der Waals surface area contributed by atoms with Crippen molar-refractivity contribution in [1.82, 2.24) is 5.32 Å². The van der Waals surface area contributed by atoms with Crippen molar-refractivity contribution < 1.29 is 19.1 Å². The molecule has 4 rings (SSSR count). The SMILES string of the molecule is CC1=NC(NC(=O)OCc2ccccc2)C(=O)N(CC(=O)C2CCCCCCC2)c2c(C)cccc21. The molecule has 1 aliphatic carbocycles. The Bertz CT molecular complexity index is 1120. The van der Waals surface area contributed by atoms with Gasteiger partial charge in [-0.3, -0.25) is 19.9 Å². The van der Waals surface area contributed by atoms with Gasteiger partial charge in [-0.2, -0.15) is 0 Å². The molecule has 36 heavy (non-hydrogen) atoms. The quantitative estimate of drug-likeness (QED) is 0.594. The molecule has 1 heterocycles. The molecule has 0 bridgehead atoms. The van der Waals surface area contributed by atoms with E-state index < -0.39 is 18.2 Å². The molecule has 190 valence electrons. The molecule has 1 N–H and O–H groups in total. The van der Waals surface area contributed by atoms with E-state index in [0.717, 1.165) is 55.2 Å². The van der Waals surface area contributed by atoms with Crippen molar-refractivity contribution in [2.75, 3.05) is 11.4 Å². The highest BCUT2D eigenvalue weighted by Gasteiger charge is 2.35. The molecule has 0 aromatic heterocycles. The van der Waals surface area contributed by atoms with Crippen molar-refractivity contribution in [1.29, 1.82) is 0 Å². The summed E-state index contributed by atoms with van der Waals surface area (Å²) in [6.07, 6.45) is 5.43. The lowest BCUT2D eigenvalue weighted by Crippen LogP contribution is -2.49. The predicted molar refractivity (Wildman–Crippen MR) is 140 cm³/mol. The number of benzodiazepines with no additional fused rings is 1. The number of para-hydroxylation sites is 1. The van der Waals surface area contributed by atoms with Gasteiger partial charge in [-0.1, -0.05) is 80.6 Å². The predicted octanol–water partition coefficient (Wildman–Crippen LogP) is 5.33. The topological polar surface area (TPSA) is 88.1 Å². The molecule has 1 fully saturated rings. The minimum atomic E-state index is -1.18. The number of ether oxygens (including phenoxy) is 1. The Morgan fingerprint density at radius 3 is 2.39 bits per heavy atom. The number of aliphatic imine (C=N–C) groups is 1. The van der Waals surface area contributed by atoms with Crippen LogP contribution in [0.15, 0.2) is 53.5 Å². The third-order valence-corrected chi connectivity index (χ3v) is 7.06. The summed E-state index contributed by atoms with van der Waals surface area (Å²) in [7, 11) is 0. The zero-order valence-electron chi connectivity index (χ0n) is 21.2. The molecule has 1 aliphatic heterocycles. The number of hydrogen-bond acceptors (Lipinski definition) is 5. The van der Waals surface area contributed by atoms with Gasteiger partial charge in [-0.25, -0.2) is 4.79 Å². The van der Waals surface area contributed by atoms with Gasteiger partial charge in [-0.15, -0.1) is 0 Å². The number of benzene rings is 2. The summed E-state index contributed by atoms with van der Waals surface area (Å²) in [5.74, 6) is -0.402. The van der Waals surface area contributed by atoms with Gasteiger partial charge in [0, 0.05) is 17.2 Å². The Morgan fingerprint density at radius 1 is 0.972 bits per heavy atom. The first-order valence-electron chi connectivity index (χ1n) is 12.9. The second-order valence-corrected chi connectivity index (χ2v) is 9.73. The number of fused-ring (bicyclic) bond motifs is 1. The van der Waals surface area contributed by atoms with Crippen LogP contribution < -0.4 is 10.2 Å². The standard InChI is InChI=1S/C29H35N3O4/c1-20-12-11-17-24-21(2)30-27(31-29(35)36-19-22-13-7-6-8-14-22)28(34)32(26(20)24)18-25(33)23-15-9-4-3-5-10-16-23/h6-8,11-14,17,23,27H,3-5,9-10,15-16,18-19H2,1-2H3,(H,31,35). The molecular weight excluding hydrogens is 454 g/mol. The average Bonchev–Trinajstić information content (AvgIpc) is 2.94. The summed E-state index contributed by atoms with van der Waals surface area (Å²) in [6.45, 7) is 3.80. The minimum absolute atomic E-state index is 0.0264. The van der Waals surface area contributed by atoms with Crippen molar-refractivity contribution >= 4 is 29.2 Å². The van der Waals surface area contributed by atoms with Crippen molar-refractivity contribution in [3.05, 3.63) is 65.2 Å². The van der Waals surface area contributed by atoms with E-state index in [2.05, 4.69) is 10.3 Å². The van der Waals surface area contributed by atoms with Gasteiger partial charge in [0.25, 0.3) is 5.91 Å². The van der Waals surface area contributed by atoms with Crippen LogP contribution in [-0.2, 0) is 20.9 Å². The fourth-order valence-corrected chi connectivity index (χ4v) is 5.08. The number of carbonyl (C=O) groups excluding carboxylic acids is 3. The van der Waals surface area contributed by atoms with Crippen LogP contribution in [0.4, 0.5) is 10.5 Å². The molecule has 7 nitrogen and oxygen atoms in total. The van der Waals surface area contributed by atoms with Crippen LogP contribution in [0, 0.1) is 12.8 Å². The van der Waals surface area contributed by atoms with E-state index in [-0.39, 0.29) is 24.9 Å². The third-order valence-electron chi connectivity index (χ3n) is 7.06. The van der Waals surface area contributed by atoms with E-state index in [1.807, 2.05) is 62.4 Å². The van der Waals surface area contributed by atoms with Gasteiger partial charge in [0.15, 0.2) is 5.78 Å². The normalized spacial score (nSPS) is 18.8. The van der Waals surface area contributed by atoms with Crippen LogP contribution in [-0.4, -0.2) is 36.2 Å². The maximum atomic E-state index is 13.8. The number of Topliss-reactive ketones (excluding diaryl/α,β-unsaturated/α-hetero) is 1. The first kappa shape index (κ1) is 25.6. The first-order chi connectivity index (χ1) is 17.4. The number of anilines is 1. The molecule has 0 saturated heterocycles. The van der Waals surface area contributed by atoms with Gasteiger partial charge >= 0.3 is 6.09 Å². The number of nitrogens with one attached hydrogen (secondary N) is 1. The second-order valence-electron chi connectivity index (χ2n) is 9.73. The van der Waals surface area contributed by atoms with Gasteiger partial charge in [-0.05, 0) is 37.8 Å². The molecular formula is C29H35N3O4. The molecule has 2 amide bonds. The monoisotopic (exact) mass is 489 g/mol. The third kappa shape index (κ3) is 6.20. The Morgan fingerprint density at radius 2 is 1.67 bits per heavy atom. The van der Waals surface area contributed by atoms with E-state index in [1.54, 1.807) is 0 Å². The number of nitrogens with zero attached hydrogens (tertiary/aromatic N) is 2. The fraction of sp³-hybridized carbons (Fsp3) is 0.448. The van der Waals surface area contributed by atoms with Crippen LogP contribution >= 0.6 is 0 Å². The molecule has 2 aromatic carbocycles. The molecule has 1 unspecified atom stereocenters. The van der Waals surface area contributed by atoms with Gasteiger partial charge in [0.05, 0.1) is 12.2 Å². The van der Waals surface area contributed by atoms with Crippen LogP contribution in [0.2, 0.25) is 0 Å². The Balaban J connectivity index is 1.55. The summed E-state index contributed by atoms with van der Waals surface area (Å²) in [5.41, 5.74) is 3.82. The summed E-state index contributed by atoms with van der Waals surface area (Å²) < 4.78 is 5.34. The summed E-state index contributed by atoms with van der Waals surface area (Å²) >= 11 is 0. The van der Waals surface area contributed by atoms with Crippen LogP contribution in [0.1, 0.15) is 68.6 Å². The molecule has 0 spiro atoms. The Labute approximate surface area is 212 Å². The average molecular weight is 490 g/mol. The van der Waals surface area contributed by atoms with Crippen molar-refractivity contribution in [3.63, 3.8) is 0 Å². The zero-order valence-corrected chi connectivity index (χ0v) is 21.2. The number of carbonyl (C=O) groups is 3. The maximum Gasteiger partial charge on any atom is 0.409 e. The number of amides is 2. The van der Waals surface area contributed by atoms with Crippen LogP contribution in [0.5, 0.6) is 0 Å². The number of aryl methyl sites for hydroxylation is 1. The summed E-state index contributed by atoms with van der Waals surface area (Å²) in [6, 6.07) is 15.1. The fourth-order valence-electron chi connectivity index (χ4n) is 5.08. The zero-order chi connectivity index (χ0) is 25.5. The van der Waals surface area contributed by atoms with E-state index >= 15 is 0 Å². The van der Waals surface area contributed by atoms with Crippen molar-refractivity contribution in [3.8, 4) is 0 Å². The second kappa shape index (κ2) is 12.0. The number of alkyl carbamates (subject to hydrolysis) is 1. The highest BCUT2D eigenvalue weighted by Crippen LogP contribution is 2.31. The van der Waals surface area contributed by atoms with Crippen molar-refractivity contribution in [2.24, 2.45) is 10.9 Å². The highest BCUT2D eigenvalue weighted by molar-refractivity contribution is 6.14. The van der Waals surface area contributed by atoms with Gasteiger partial charge in [0.2, 0.25) is 6.17 Å². The van der Waals surface area contributed by atoms with E-state index in [1.165, 1.54) is 11.3 Å².